The predicted molar refractivity (Wildman–Crippen MR) is 502 cm³/mol. The summed E-state index contributed by atoms with van der Waals surface area (Å²) in [5.41, 5.74) is 12.5. The number of hydrogen-bond donors (Lipinski definition) is 4. The van der Waals surface area contributed by atoms with Gasteiger partial charge in [-0.2, -0.15) is 21.6 Å². The van der Waals surface area contributed by atoms with Crippen molar-refractivity contribution < 1.29 is 81.7 Å². The molecule has 0 bridgehead atoms. The number of nitrogens with zero attached hydrogens (tertiary/aromatic N) is 6. The Bertz CT molecular complexity index is 4440. The minimum atomic E-state index is -5.84. The largest absolute Gasteiger partial charge is 3.00 e. The summed E-state index contributed by atoms with van der Waals surface area (Å²) >= 11 is 0. The van der Waals surface area contributed by atoms with Crippen molar-refractivity contribution in [3.05, 3.63) is 290 Å². The van der Waals surface area contributed by atoms with Gasteiger partial charge in [-0.1, -0.05) is 220 Å². The van der Waals surface area contributed by atoms with Crippen molar-refractivity contribution in [3.8, 4) is 67.5 Å². The van der Waals surface area contributed by atoms with Crippen LogP contribution < -0.4 is 31.1 Å². The first-order valence-electron chi connectivity index (χ1n) is 38.0. The van der Waals surface area contributed by atoms with Crippen molar-refractivity contribution in [2.75, 3.05) is 20.8 Å². The predicted octanol–water partition coefficient (Wildman–Crippen LogP) is 20.2. The summed E-state index contributed by atoms with van der Waals surface area (Å²) in [5, 5.41) is 30.1. The molecule has 0 amide bonds. The van der Waals surface area contributed by atoms with E-state index in [9.17, 15) is 13.2 Å². The number of benzene rings is 6. The van der Waals surface area contributed by atoms with E-state index < -0.39 is 64.1 Å². The zero-order chi connectivity index (χ0) is 86.8. The Kier molecular flexibility index (Phi) is 48.5. The molecule has 0 saturated heterocycles. The Morgan fingerprint density at radius 1 is 0.339 bits per heavy atom. The van der Waals surface area contributed by atoms with E-state index in [0.717, 1.165) is 76.2 Å². The fourth-order valence-corrected chi connectivity index (χ4v) is 20.2. The molecule has 6 aromatic heterocycles. The second-order valence-corrected chi connectivity index (χ2v) is 64.6. The van der Waals surface area contributed by atoms with Crippen molar-refractivity contribution in [2.24, 2.45) is 0 Å². The number of alkyl halides is 3. The maximum Gasteiger partial charge on any atom is 3.00 e. The van der Waals surface area contributed by atoms with Gasteiger partial charge in [-0.15, -0.1) is 179 Å². The van der Waals surface area contributed by atoms with Crippen LogP contribution in [0.15, 0.2) is 237 Å². The van der Waals surface area contributed by atoms with Crippen LogP contribution in [0.25, 0.3) is 67.5 Å². The minimum absolute atomic E-state index is 0. The van der Waals surface area contributed by atoms with Crippen LogP contribution in [0, 0.1) is 58.0 Å². The molecule has 6 heterocycles. The number of pyridine rings is 6. The Morgan fingerprint density at radius 2 is 0.542 bits per heavy atom. The van der Waals surface area contributed by atoms with Gasteiger partial charge in [0.15, 0.2) is 0 Å². The van der Waals surface area contributed by atoms with Crippen LogP contribution in [0.1, 0.15) is 36.6 Å². The molecule has 0 aliphatic carbocycles. The van der Waals surface area contributed by atoms with Crippen LogP contribution in [0.2, 0.25) is 118 Å². The van der Waals surface area contributed by atoms with Gasteiger partial charge in [0, 0.05) is 83.7 Å². The van der Waals surface area contributed by atoms with Crippen LogP contribution in [0.5, 0.6) is 0 Å². The van der Waals surface area contributed by atoms with E-state index in [1.807, 2.05) is 128 Å². The van der Waals surface area contributed by atoms with Crippen molar-refractivity contribution in [3.63, 3.8) is 0 Å². The minimum Gasteiger partial charge on any atom is -0.400 e. The monoisotopic (exact) mass is 2080 g/mol. The van der Waals surface area contributed by atoms with E-state index in [1.165, 1.54) is 58.9 Å². The van der Waals surface area contributed by atoms with Gasteiger partial charge in [-0.05, 0) is 100 Å². The molecule has 6 aromatic carbocycles. The molecule has 0 fully saturated rings. The normalized spacial score (nSPS) is 10.9. The third-order valence-electron chi connectivity index (χ3n) is 17.2. The molecule has 12 nitrogen and oxygen atoms in total. The summed E-state index contributed by atoms with van der Waals surface area (Å²) in [7, 11) is -11.4. The molecule has 0 aliphatic rings. The van der Waals surface area contributed by atoms with E-state index in [4.69, 9.17) is 28.3 Å². The van der Waals surface area contributed by atoms with Crippen LogP contribution in [0.3, 0.4) is 0 Å². The Balaban J connectivity index is 0.00000134. The number of hydrogen-bond acceptors (Lipinski definition) is 11. The standard InChI is InChI=1S/4C15H18NSi.C14H17NSi.C14H16NSi.C2H6O.CHF3O3S.2CH4O.CH4.2Ir/c4*1-12-10-14(13-8-6-5-7-9-13)16-11-15(12)17(2,3)4;2*1-16(2,3)13-9-10-14(15-11-13)12-7-5-4-6-8-12;1-2-3;2-1(3,4)8(5,6)7;2*1-2;;;/h4*5-8,10-11H,1-4H3;4-11H,1-3H3;4-7,9-11H,1-3H3;3H,2H2,1H3;(H,5,6,7);2*2H,1H3;1H4;;/q4*-1;;-1;;;;;;;+3. The zero-order valence-corrected chi connectivity index (χ0v) is 84.3. The molecule has 0 aliphatic heterocycles. The smallest absolute Gasteiger partial charge is 0.400 e. The van der Waals surface area contributed by atoms with E-state index in [2.05, 4.69) is 315 Å². The molecule has 0 spiro atoms. The van der Waals surface area contributed by atoms with Gasteiger partial charge in [-0.25, -0.2) is 0 Å². The number of aryl methyl sites for hydroxylation is 4. The Morgan fingerprint density at radius 3 is 0.712 bits per heavy atom. The van der Waals surface area contributed by atoms with E-state index in [0.29, 0.717) is 0 Å². The molecule has 637 valence electrons. The van der Waals surface area contributed by atoms with Crippen LogP contribution in [0.4, 0.5) is 13.2 Å². The van der Waals surface area contributed by atoms with Gasteiger partial charge in [0.2, 0.25) is 0 Å². The number of aliphatic hydroxyl groups excluding tert-OH is 3. The second-order valence-electron chi connectivity index (χ2n) is 32.9. The molecular formula is C94H124F3Ir2N6O6SSi6-2. The summed E-state index contributed by atoms with van der Waals surface area (Å²) in [6.45, 7) is 52.9. The molecular weight excluding hydrogens is 1950 g/mol. The average Bonchev–Trinajstić information content (AvgIpc) is 0.806. The van der Waals surface area contributed by atoms with Gasteiger partial charge < -0.3 is 40.2 Å². The summed E-state index contributed by atoms with van der Waals surface area (Å²) in [6, 6.07) is 83.6. The van der Waals surface area contributed by atoms with Gasteiger partial charge in [-0.3, -0.25) is 9.54 Å². The second kappa shape index (κ2) is 51.9. The van der Waals surface area contributed by atoms with E-state index in [1.54, 1.807) is 6.92 Å². The first-order valence-corrected chi connectivity index (χ1v) is 60.4. The molecule has 24 heteroatoms. The van der Waals surface area contributed by atoms with Crippen molar-refractivity contribution >= 4 is 89.7 Å². The first-order chi connectivity index (χ1) is 53.7. The van der Waals surface area contributed by atoms with Crippen LogP contribution in [-0.4, -0.2) is 133 Å². The molecule has 12 aromatic rings. The third-order valence-corrected chi connectivity index (χ3v) is 30.4. The topological polar surface area (TPSA) is 192 Å². The fraction of sp³-hybridized carbons (Fsp3) is 0.298. The van der Waals surface area contributed by atoms with Crippen LogP contribution in [-0.2, 0) is 50.3 Å². The maximum absolute atomic E-state index is 10.7. The average molecular weight is 2080 g/mol. The number of rotatable bonds is 12. The van der Waals surface area contributed by atoms with Crippen molar-refractivity contribution in [1.29, 1.82) is 0 Å². The SMILES string of the molecule is C.CCO.CO.CO.C[Si](C)(C)c1ccc(-c2[c-]cccc2)nc1.C[Si](C)(C)c1ccc(-c2ccccc2)nc1.Cc1cc(-c2[c-]cccc2)ncc1[Si](C)(C)C.Cc1cc(-c2[c-]cccc2)ncc1[Si](C)(C)C.Cc1cc(-c2[c-]cccc2)ncc1[Si](C)(C)C.Cc1cc(-c2[c-]cccc2)ncc1[Si](C)(C)C.O=S(=O)(O)C(F)(F)F.[Ir+3].[Ir]. The van der Waals surface area contributed by atoms with Gasteiger partial charge >= 0.3 is 35.7 Å². The van der Waals surface area contributed by atoms with Crippen molar-refractivity contribution in [1.82, 2.24) is 29.9 Å². The summed E-state index contributed by atoms with van der Waals surface area (Å²) in [5.74, 6) is 0. The van der Waals surface area contributed by atoms with E-state index >= 15 is 0 Å². The molecule has 0 saturated carbocycles. The Labute approximate surface area is 738 Å². The van der Waals surface area contributed by atoms with Crippen LogP contribution >= 0.6 is 0 Å². The van der Waals surface area contributed by atoms with Gasteiger partial charge in [0.1, 0.15) is 0 Å². The van der Waals surface area contributed by atoms with E-state index in [-0.39, 0.29) is 54.2 Å². The molecule has 0 atom stereocenters. The maximum atomic E-state index is 10.7. The number of aliphatic hydroxyl groups is 3. The quantitative estimate of drug-likeness (QED) is 0.0392. The molecule has 0 unspecified atom stereocenters. The summed E-state index contributed by atoms with van der Waals surface area (Å²) in [6.07, 6.45) is 12.3. The number of aromatic nitrogens is 6. The van der Waals surface area contributed by atoms with Crippen molar-refractivity contribution in [2.45, 2.75) is 165 Å². The molecule has 118 heavy (non-hydrogen) atoms. The van der Waals surface area contributed by atoms with Gasteiger partial charge in [0.25, 0.3) is 0 Å². The third kappa shape index (κ3) is 38.0. The number of halogens is 3. The Hall–Kier alpha value is -7.60. The summed E-state index contributed by atoms with van der Waals surface area (Å²) in [4.78, 5) is 27.4. The summed E-state index contributed by atoms with van der Waals surface area (Å²) < 4.78 is 57.5. The fourth-order valence-electron chi connectivity index (χ4n) is 11.3. The molecule has 1 radical (unpaired) electrons. The molecule has 4 N–H and O–H groups in total. The first kappa shape index (κ1) is 110. The zero-order valence-electron chi connectivity index (χ0n) is 72.7. The molecule has 12 rings (SSSR count). The van der Waals surface area contributed by atoms with Gasteiger partial charge in [0.05, 0.1) is 54.1 Å².